The molecule has 0 heterocycles. The first kappa shape index (κ1) is 16.3. The summed E-state index contributed by atoms with van der Waals surface area (Å²) in [6.45, 7) is 0. The Morgan fingerprint density at radius 2 is 1.80 bits per heavy atom. The van der Waals surface area contributed by atoms with E-state index in [1.807, 2.05) is 0 Å². The second kappa shape index (κ2) is 6.80. The van der Waals surface area contributed by atoms with E-state index in [0.29, 0.717) is 9.92 Å². The number of hydrogen-bond donors (Lipinski definition) is 0. The van der Waals surface area contributed by atoms with Gasteiger partial charge in [0.05, 0.1) is 10.6 Å². The third-order valence-electron chi connectivity index (χ3n) is 4.10. The van der Waals surface area contributed by atoms with Gasteiger partial charge in [-0.25, -0.2) is 8.42 Å². The van der Waals surface area contributed by atoms with Gasteiger partial charge in [-0.2, -0.15) is 0 Å². The Bertz CT molecular complexity index is 549. The molecule has 1 aliphatic carbocycles. The average Bonchev–Trinajstić information content (AvgIpc) is 2.64. The van der Waals surface area contributed by atoms with Gasteiger partial charge in [-0.1, -0.05) is 59.3 Å². The molecule has 1 aromatic rings. The Labute approximate surface area is 135 Å². The molecule has 1 aromatic carbocycles. The fourth-order valence-electron chi connectivity index (χ4n) is 2.94. The first-order valence-corrected chi connectivity index (χ1v) is 10.2. The third-order valence-corrected chi connectivity index (χ3v) is 7.49. The summed E-state index contributed by atoms with van der Waals surface area (Å²) in [5.41, 5.74) is -0.127. The predicted molar refractivity (Wildman–Crippen MR) is 87.4 cm³/mol. The van der Waals surface area contributed by atoms with Gasteiger partial charge in [0.2, 0.25) is 0 Å². The van der Waals surface area contributed by atoms with Crippen LogP contribution in [0.3, 0.4) is 0 Å². The van der Waals surface area contributed by atoms with E-state index in [4.69, 9.17) is 11.6 Å². The van der Waals surface area contributed by atoms with E-state index in [2.05, 4.69) is 15.9 Å². The highest BCUT2D eigenvalue weighted by molar-refractivity contribution is 9.09. The van der Waals surface area contributed by atoms with E-state index >= 15 is 0 Å². The summed E-state index contributed by atoms with van der Waals surface area (Å²) in [4.78, 5) is 0.342. The number of rotatable bonds is 4. The molecule has 5 heteroatoms. The van der Waals surface area contributed by atoms with Crippen LogP contribution in [0.4, 0.5) is 0 Å². The number of sulfone groups is 1. The maximum absolute atomic E-state index is 12.6. The van der Waals surface area contributed by atoms with Gasteiger partial charge in [0.15, 0.2) is 9.84 Å². The average molecular weight is 380 g/mol. The molecule has 0 aromatic heterocycles. The molecule has 0 amide bonds. The highest BCUT2D eigenvalue weighted by atomic mass is 79.9. The summed E-state index contributed by atoms with van der Waals surface area (Å²) >= 11 is 9.47. The monoisotopic (exact) mass is 378 g/mol. The number of halogens is 2. The minimum Gasteiger partial charge on any atom is -0.224 e. The highest BCUT2D eigenvalue weighted by Crippen LogP contribution is 2.39. The molecule has 1 saturated carbocycles. The van der Waals surface area contributed by atoms with Gasteiger partial charge >= 0.3 is 0 Å². The van der Waals surface area contributed by atoms with Gasteiger partial charge < -0.3 is 0 Å². The van der Waals surface area contributed by atoms with Crippen molar-refractivity contribution >= 4 is 37.4 Å². The molecule has 0 N–H and O–H groups in total. The fraction of sp³-hybridized carbons (Fsp3) is 0.600. The molecule has 0 saturated heterocycles. The zero-order chi connectivity index (χ0) is 14.6. The van der Waals surface area contributed by atoms with Crippen LogP contribution in [0.2, 0.25) is 5.02 Å². The van der Waals surface area contributed by atoms with Gasteiger partial charge in [-0.3, -0.25) is 0 Å². The van der Waals surface area contributed by atoms with Crippen molar-refractivity contribution in [3.8, 4) is 0 Å². The molecule has 2 nitrogen and oxygen atoms in total. The summed E-state index contributed by atoms with van der Waals surface area (Å²) in [7, 11) is -3.28. The number of hydrogen-bond acceptors (Lipinski definition) is 2. The van der Waals surface area contributed by atoms with Gasteiger partial charge in [0.25, 0.3) is 0 Å². The molecule has 1 aliphatic rings. The van der Waals surface area contributed by atoms with Crippen LogP contribution < -0.4 is 0 Å². The van der Waals surface area contributed by atoms with Crippen LogP contribution in [0.25, 0.3) is 0 Å². The minimum atomic E-state index is -3.28. The Kier molecular flexibility index (Phi) is 5.55. The Balaban J connectivity index is 2.25. The number of benzene rings is 1. The lowest BCUT2D eigenvalue weighted by Gasteiger charge is -2.30. The van der Waals surface area contributed by atoms with E-state index in [1.165, 1.54) is 12.8 Å². The summed E-state index contributed by atoms with van der Waals surface area (Å²) in [5.74, 6) is 0.214. The standard InChI is InChI=1S/C15H20BrClO2S/c16-11-15(8-3-1-2-4-9-15)12-20(18,19)14-7-5-6-13(17)10-14/h5-7,10H,1-4,8-9,11-12H2. The minimum absolute atomic E-state index is 0.127. The SMILES string of the molecule is O=S(=O)(CC1(CBr)CCCCCC1)c1cccc(Cl)c1. The molecule has 0 unspecified atom stereocenters. The van der Waals surface area contributed by atoms with Crippen LogP contribution in [0.15, 0.2) is 29.2 Å². The molecule has 1 fully saturated rings. The van der Waals surface area contributed by atoms with Crippen molar-refractivity contribution in [1.82, 2.24) is 0 Å². The van der Waals surface area contributed by atoms with Crippen LogP contribution in [0, 0.1) is 5.41 Å². The summed E-state index contributed by atoms with van der Waals surface area (Å²) in [6.07, 6.45) is 6.64. The van der Waals surface area contributed by atoms with Gasteiger partial charge in [0.1, 0.15) is 0 Å². The van der Waals surface area contributed by atoms with Crippen molar-refractivity contribution in [2.75, 3.05) is 11.1 Å². The molecule has 2 rings (SSSR count). The van der Waals surface area contributed by atoms with Crippen molar-refractivity contribution in [3.05, 3.63) is 29.3 Å². The zero-order valence-corrected chi connectivity index (χ0v) is 14.6. The van der Waals surface area contributed by atoms with Crippen LogP contribution >= 0.6 is 27.5 Å². The van der Waals surface area contributed by atoms with Gasteiger partial charge in [-0.05, 0) is 36.5 Å². The lowest BCUT2D eigenvalue weighted by molar-refractivity contribution is 0.327. The van der Waals surface area contributed by atoms with Crippen LogP contribution in [-0.2, 0) is 9.84 Å². The van der Waals surface area contributed by atoms with Crippen molar-refractivity contribution in [2.24, 2.45) is 5.41 Å². The summed E-state index contributed by atoms with van der Waals surface area (Å²) in [5, 5.41) is 1.22. The molecule has 0 spiro atoms. The van der Waals surface area contributed by atoms with Crippen LogP contribution in [-0.4, -0.2) is 19.5 Å². The van der Waals surface area contributed by atoms with Crippen molar-refractivity contribution in [3.63, 3.8) is 0 Å². The van der Waals surface area contributed by atoms with E-state index in [9.17, 15) is 8.42 Å². The zero-order valence-electron chi connectivity index (χ0n) is 11.4. The maximum atomic E-state index is 12.6. The lowest BCUT2D eigenvalue weighted by Crippen LogP contribution is -2.31. The third kappa shape index (κ3) is 3.99. The topological polar surface area (TPSA) is 34.1 Å². The largest absolute Gasteiger partial charge is 0.224 e. The molecule has 0 aliphatic heterocycles. The first-order valence-electron chi connectivity index (χ1n) is 7.02. The Morgan fingerprint density at radius 3 is 2.35 bits per heavy atom. The molecule has 20 heavy (non-hydrogen) atoms. The molecule has 0 radical (unpaired) electrons. The normalized spacial score (nSPS) is 19.5. The molecule has 0 atom stereocenters. The van der Waals surface area contributed by atoms with Gasteiger partial charge in [-0.15, -0.1) is 0 Å². The fourth-order valence-corrected chi connectivity index (χ4v) is 6.17. The van der Waals surface area contributed by atoms with Gasteiger partial charge in [0, 0.05) is 10.4 Å². The highest BCUT2D eigenvalue weighted by Gasteiger charge is 2.35. The van der Waals surface area contributed by atoms with Crippen LogP contribution in [0.1, 0.15) is 38.5 Å². The number of alkyl halides is 1. The van der Waals surface area contributed by atoms with E-state index in [-0.39, 0.29) is 11.2 Å². The quantitative estimate of drug-likeness (QED) is 0.553. The molecular formula is C15H20BrClO2S. The smallest absolute Gasteiger partial charge is 0.179 e. The molecular weight excluding hydrogens is 360 g/mol. The maximum Gasteiger partial charge on any atom is 0.179 e. The van der Waals surface area contributed by atoms with E-state index in [0.717, 1.165) is 31.0 Å². The molecule has 112 valence electrons. The lowest BCUT2D eigenvalue weighted by atomic mass is 9.85. The summed E-state index contributed by atoms with van der Waals surface area (Å²) < 4.78 is 25.3. The first-order chi connectivity index (χ1) is 9.47. The van der Waals surface area contributed by atoms with Crippen molar-refractivity contribution < 1.29 is 8.42 Å². The van der Waals surface area contributed by atoms with Crippen molar-refractivity contribution in [1.29, 1.82) is 0 Å². The molecule has 0 bridgehead atoms. The van der Waals surface area contributed by atoms with Crippen molar-refractivity contribution in [2.45, 2.75) is 43.4 Å². The van der Waals surface area contributed by atoms with E-state index < -0.39 is 9.84 Å². The Hall–Kier alpha value is -0.0600. The van der Waals surface area contributed by atoms with Crippen LogP contribution in [0.5, 0.6) is 0 Å². The van der Waals surface area contributed by atoms with E-state index in [1.54, 1.807) is 24.3 Å². The second-order valence-corrected chi connectivity index (χ2v) is 8.75. The second-order valence-electron chi connectivity index (χ2n) is 5.76. The summed E-state index contributed by atoms with van der Waals surface area (Å²) in [6, 6.07) is 6.59. The predicted octanol–water partition coefficient (Wildman–Crippen LogP) is 4.85. The Morgan fingerprint density at radius 1 is 1.15 bits per heavy atom.